The highest BCUT2D eigenvalue weighted by Crippen LogP contribution is 2.14. The van der Waals surface area contributed by atoms with Crippen molar-refractivity contribution in [3.05, 3.63) is 75.8 Å². The lowest BCUT2D eigenvalue weighted by molar-refractivity contribution is -0.384. The molecule has 0 aromatic heterocycles. The number of carbonyl (C=O) groups is 1. The first-order valence-electron chi connectivity index (χ1n) is 8.38. The van der Waals surface area contributed by atoms with Gasteiger partial charge in [-0.3, -0.25) is 24.7 Å². The van der Waals surface area contributed by atoms with Crippen LogP contribution in [0.15, 0.2) is 54.6 Å². The van der Waals surface area contributed by atoms with Gasteiger partial charge in [-0.1, -0.05) is 42.5 Å². The van der Waals surface area contributed by atoms with E-state index in [-0.39, 0.29) is 16.4 Å². The fourth-order valence-corrected chi connectivity index (χ4v) is 3.01. The van der Waals surface area contributed by atoms with E-state index >= 15 is 0 Å². The molecule has 130 valence electrons. The number of nitro groups is 1. The van der Waals surface area contributed by atoms with Gasteiger partial charge in [0.1, 0.15) is 0 Å². The van der Waals surface area contributed by atoms with Crippen LogP contribution in [0.25, 0.3) is 0 Å². The maximum absolute atomic E-state index is 12.3. The number of nitro benzene ring substituents is 1. The molecule has 1 fully saturated rings. The molecule has 0 amide bonds. The van der Waals surface area contributed by atoms with Crippen molar-refractivity contribution in [1.82, 2.24) is 9.80 Å². The SMILES string of the molecule is O=C(CN1CCN(Cc2ccc([N+](=O)[O-])cc2)CC1)c1ccccc1. The van der Waals surface area contributed by atoms with Crippen molar-refractivity contribution in [3.63, 3.8) is 0 Å². The summed E-state index contributed by atoms with van der Waals surface area (Å²) in [7, 11) is 0. The Kier molecular flexibility index (Phi) is 5.53. The monoisotopic (exact) mass is 339 g/mol. The van der Waals surface area contributed by atoms with E-state index < -0.39 is 0 Å². The van der Waals surface area contributed by atoms with E-state index in [2.05, 4.69) is 9.80 Å². The number of Topliss-reactive ketones (excluding diaryl/α,β-unsaturated/α-hetero) is 1. The van der Waals surface area contributed by atoms with E-state index in [1.54, 1.807) is 12.1 Å². The Bertz CT molecular complexity index is 723. The highest BCUT2D eigenvalue weighted by atomic mass is 16.6. The van der Waals surface area contributed by atoms with Crippen LogP contribution in [0.2, 0.25) is 0 Å². The van der Waals surface area contributed by atoms with E-state index in [0.29, 0.717) is 6.54 Å². The molecule has 1 heterocycles. The summed E-state index contributed by atoms with van der Waals surface area (Å²) in [6.45, 7) is 4.71. The molecule has 6 heteroatoms. The molecule has 2 aromatic rings. The van der Waals surface area contributed by atoms with Gasteiger partial charge < -0.3 is 0 Å². The Balaban J connectivity index is 1.47. The molecule has 0 aliphatic carbocycles. The normalized spacial score (nSPS) is 15.8. The van der Waals surface area contributed by atoms with Crippen LogP contribution in [0, 0.1) is 10.1 Å². The molecule has 3 rings (SSSR count). The minimum absolute atomic E-state index is 0.119. The maximum atomic E-state index is 12.3. The molecule has 6 nitrogen and oxygen atoms in total. The van der Waals surface area contributed by atoms with Crippen LogP contribution in [-0.2, 0) is 6.54 Å². The van der Waals surface area contributed by atoms with Gasteiger partial charge in [0, 0.05) is 50.4 Å². The first-order chi connectivity index (χ1) is 12.1. The van der Waals surface area contributed by atoms with E-state index in [9.17, 15) is 14.9 Å². The summed E-state index contributed by atoms with van der Waals surface area (Å²) in [4.78, 5) is 27.1. The predicted octanol–water partition coefficient (Wildman–Crippen LogP) is 2.60. The van der Waals surface area contributed by atoms with Crippen molar-refractivity contribution >= 4 is 11.5 Å². The van der Waals surface area contributed by atoms with Crippen LogP contribution in [-0.4, -0.2) is 53.2 Å². The Labute approximate surface area is 146 Å². The highest BCUT2D eigenvalue weighted by Gasteiger charge is 2.19. The van der Waals surface area contributed by atoms with Gasteiger partial charge in [0.2, 0.25) is 0 Å². The largest absolute Gasteiger partial charge is 0.297 e. The number of hydrogen-bond acceptors (Lipinski definition) is 5. The molecule has 1 aliphatic heterocycles. The van der Waals surface area contributed by atoms with E-state index in [1.165, 1.54) is 0 Å². The summed E-state index contributed by atoms with van der Waals surface area (Å²) in [5.74, 6) is 0.157. The van der Waals surface area contributed by atoms with Gasteiger partial charge in [-0.15, -0.1) is 0 Å². The van der Waals surface area contributed by atoms with Crippen molar-refractivity contribution in [2.45, 2.75) is 6.54 Å². The van der Waals surface area contributed by atoms with E-state index in [0.717, 1.165) is 43.9 Å². The molecular weight excluding hydrogens is 318 g/mol. The third-order valence-electron chi connectivity index (χ3n) is 4.48. The third-order valence-corrected chi connectivity index (χ3v) is 4.48. The molecule has 0 saturated carbocycles. The molecule has 0 spiro atoms. The van der Waals surface area contributed by atoms with Crippen LogP contribution < -0.4 is 0 Å². The van der Waals surface area contributed by atoms with Crippen molar-refractivity contribution < 1.29 is 9.72 Å². The van der Waals surface area contributed by atoms with Gasteiger partial charge in [0.25, 0.3) is 5.69 Å². The smallest absolute Gasteiger partial charge is 0.269 e. The quantitative estimate of drug-likeness (QED) is 0.460. The van der Waals surface area contributed by atoms with E-state index in [1.807, 2.05) is 42.5 Å². The zero-order valence-corrected chi connectivity index (χ0v) is 14.0. The second kappa shape index (κ2) is 8.00. The first-order valence-corrected chi connectivity index (χ1v) is 8.38. The van der Waals surface area contributed by atoms with Crippen molar-refractivity contribution in [1.29, 1.82) is 0 Å². The molecule has 0 radical (unpaired) electrons. The van der Waals surface area contributed by atoms with Gasteiger partial charge in [0.15, 0.2) is 5.78 Å². The Morgan fingerprint density at radius 3 is 2.12 bits per heavy atom. The summed E-state index contributed by atoms with van der Waals surface area (Å²) >= 11 is 0. The zero-order valence-electron chi connectivity index (χ0n) is 14.0. The number of piperazine rings is 1. The average molecular weight is 339 g/mol. The van der Waals surface area contributed by atoms with Crippen LogP contribution in [0.5, 0.6) is 0 Å². The number of ketones is 1. The second-order valence-corrected chi connectivity index (χ2v) is 6.27. The Morgan fingerprint density at radius 2 is 1.52 bits per heavy atom. The van der Waals surface area contributed by atoms with E-state index in [4.69, 9.17) is 0 Å². The molecule has 25 heavy (non-hydrogen) atoms. The minimum atomic E-state index is -0.383. The molecule has 0 bridgehead atoms. The predicted molar refractivity (Wildman–Crippen MR) is 95.6 cm³/mol. The number of non-ortho nitro benzene ring substituents is 1. The second-order valence-electron chi connectivity index (χ2n) is 6.27. The summed E-state index contributed by atoms with van der Waals surface area (Å²) in [5.41, 5.74) is 1.95. The zero-order chi connectivity index (χ0) is 17.6. The van der Waals surface area contributed by atoms with Crippen molar-refractivity contribution in [3.8, 4) is 0 Å². The Hall–Kier alpha value is -2.57. The standard InChI is InChI=1S/C19H21N3O3/c23-19(17-4-2-1-3-5-17)15-21-12-10-20(11-13-21)14-16-6-8-18(9-7-16)22(24)25/h1-9H,10-15H2. The van der Waals surface area contributed by atoms with Gasteiger partial charge in [-0.2, -0.15) is 0 Å². The Morgan fingerprint density at radius 1 is 0.920 bits per heavy atom. The molecule has 1 aliphatic rings. The number of hydrogen-bond donors (Lipinski definition) is 0. The lowest BCUT2D eigenvalue weighted by Gasteiger charge is -2.34. The van der Waals surface area contributed by atoms with Gasteiger partial charge in [-0.05, 0) is 5.56 Å². The topological polar surface area (TPSA) is 66.7 Å². The summed E-state index contributed by atoms with van der Waals surface area (Å²) in [6.07, 6.45) is 0. The van der Waals surface area contributed by atoms with Gasteiger partial charge in [0.05, 0.1) is 11.5 Å². The first kappa shape index (κ1) is 17.3. The molecular formula is C19H21N3O3. The highest BCUT2D eigenvalue weighted by molar-refractivity contribution is 5.97. The third kappa shape index (κ3) is 4.71. The molecule has 1 saturated heterocycles. The fourth-order valence-electron chi connectivity index (χ4n) is 3.01. The number of nitrogens with zero attached hydrogens (tertiary/aromatic N) is 3. The molecule has 0 unspecified atom stereocenters. The van der Waals surface area contributed by atoms with Gasteiger partial charge in [-0.25, -0.2) is 0 Å². The lowest BCUT2D eigenvalue weighted by atomic mass is 10.1. The number of benzene rings is 2. The van der Waals surface area contributed by atoms with Crippen LogP contribution in [0.4, 0.5) is 5.69 Å². The van der Waals surface area contributed by atoms with Crippen molar-refractivity contribution in [2.75, 3.05) is 32.7 Å². The average Bonchev–Trinajstić information content (AvgIpc) is 2.64. The summed E-state index contributed by atoms with van der Waals surface area (Å²) in [5, 5.41) is 10.7. The fraction of sp³-hybridized carbons (Fsp3) is 0.316. The lowest BCUT2D eigenvalue weighted by Crippen LogP contribution is -2.47. The summed E-state index contributed by atoms with van der Waals surface area (Å²) < 4.78 is 0. The van der Waals surface area contributed by atoms with Gasteiger partial charge >= 0.3 is 0 Å². The van der Waals surface area contributed by atoms with Crippen LogP contribution >= 0.6 is 0 Å². The number of carbonyl (C=O) groups excluding carboxylic acids is 1. The minimum Gasteiger partial charge on any atom is -0.297 e. The number of rotatable bonds is 6. The maximum Gasteiger partial charge on any atom is 0.269 e. The van der Waals surface area contributed by atoms with Crippen LogP contribution in [0.1, 0.15) is 15.9 Å². The van der Waals surface area contributed by atoms with Crippen LogP contribution in [0.3, 0.4) is 0 Å². The van der Waals surface area contributed by atoms with Crippen molar-refractivity contribution in [2.24, 2.45) is 0 Å². The molecule has 2 aromatic carbocycles. The molecule has 0 atom stereocenters. The summed E-state index contributed by atoms with van der Waals surface area (Å²) in [6, 6.07) is 16.1. The molecule has 0 N–H and O–H groups in total.